The van der Waals surface area contributed by atoms with E-state index in [1.807, 2.05) is 0 Å². The molecule has 0 saturated carbocycles. The lowest BCUT2D eigenvalue weighted by molar-refractivity contribution is -0.137. The maximum absolute atomic E-state index is 12.5. The summed E-state index contributed by atoms with van der Waals surface area (Å²) in [4.78, 5) is 29.5. The van der Waals surface area contributed by atoms with E-state index >= 15 is 0 Å². The molecule has 122 valence electrons. The molecule has 3 amide bonds. The molecule has 0 radical (unpaired) electrons. The summed E-state index contributed by atoms with van der Waals surface area (Å²) in [6, 6.07) is 0.0131. The summed E-state index contributed by atoms with van der Waals surface area (Å²) in [6.45, 7) is 4.49. The molecular weight excluding hydrogens is 270 g/mol. The van der Waals surface area contributed by atoms with Crippen LogP contribution in [0.15, 0.2) is 0 Å². The fourth-order valence-corrected chi connectivity index (χ4v) is 2.66. The van der Waals surface area contributed by atoms with Gasteiger partial charge in [0.05, 0.1) is 6.61 Å². The molecule has 6 heteroatoms. The Morgan fingerprint density at radius 3 is 2.29 bits per heavy atom. The first-order chi connectivity index (χ1) is 10.0. The third kappa shape index (κ3) is 5.19. The molecule has 0 aromatic rings. The van der Waals surface area contributed by atoms with E-state index in [0.717, 1.165) is 12.8 Å². The number of hydrogen-bond donors (Lipinski definition) is 1. The Balaban J connectivity index is 2.51. The zero-order valence-corrected chi connectivity index (χ0v) is 13.5. The number of urea groups is 1. The van der Waals surface area contributed by atoms with Crippen molar-refractivity contribution in [3.05, 3.63) is 0 Å². The van der Waals surface area contributed by atoms with Crippen molar-refractivity contribution in [2.45, 2.75) is 32.6 Å². The molecule has 1 heterocycles. The van der Waals surface area contributed by atoms with Crippen LogP contribution < -0.4 is 0 Å². The number of aliphatic hydroxyl groups excluding tert-OH is 1. The molecule has 0 spiro atoms. The van der Waals surface area contributed by atoms with Crippen LogP contribution >= 0.6 is 0 Å². The lowest BCUT2D eigenvalue weighted by atomic mass is 9.95. The highest BCUT2D eigenvalue weighted by atomic mass is 16.3. The molecule has 1 N–H and O–H groups in total. The second-order valence-corrected chi connectivity index (χ2v) is 5.84. The second-order valence-electron chi connectivity index (χ2n) is 5.84. The molecule has 1 rings (SSSR count). The van der Waals surface area contributed by atoms with E-state index in [0.29, 0.717) is 39.0 Å². The first kappa shape index (κ1) is 17.8. The highest BCUT2D eigenvalue weighted by molar-refractivity contribution is 5.79. The van der Waals surface area contributed by atoms with Crippen LogP contribution in [-0.2, 0) is 4.79 Å². The summed E-state index contributed by atoms with van der Waals surface area (Å²) in [5.74, 6) is 0.120. The molecule has 0 aromatic carbocycles. The summed E-state index contributed by atoms with van der Waals surface area (Å²) in [5.41, 5.74) is 0. The Labute approximate surface area is 127 Å². The highest BCUT2D eigenvalue weighted by Gasteiger charge is 2.30. The minimum absolute atomic E-state index is 0.00736. The van der Waals surface area contributed by atoms with Crippen LogP contribution in [-0.4, -0.2) is 78.6 Å². The second kappa shape index (κ2) is 8.87. The number of hydrogen-bond acceptors (Lipinski definition) is 3. The van der Waals surface area contributed by atoms with Gasteiger partial charge in [0.1, 0.15) is 0 Å². The molecule has 1 saturated heterocycles. The lowest BCUT2D eigenvalue weighted by Gasteiger charge is -2.35. The zero-order valence-electron chi connectivity index (χ0n) is 13.5. The number of rotatable bonds is 6. The Kier molecular flexibility index (Phi) is 7.50. The predicted octanol–water partition coefficient (Wildman–Crippen LogP) is 1.00. The first-order valence-corrected chi connectivity index (χ1v) is 7.87. The number of carbonyl (C=O) groups is 2. The summed E-state index contributed by atoms with van der Waals surface area (Å²) < 4.78 is 0. The smallest absolute Gasteiger partial charge is 0.319 e. The van der Waals surface area contributed by atoms with E-state index in [2.05, 4.69) is 6.92 Å². The fourth-order valence-electron chi connectivity index (χ4n) is 2.66. The van der Waals surface area contributed by atoms with Crippen LogP contribution in [0.1, 0.15) is 32.6 Å². The summed E-state index contributed by atoms with van der Waals surface area (Å²) in [7, 11) is 3.49. The minimum Gasteiger partial charge on any atom is -0.395 e. The molecule has 6 nitrogen and oxygen atoms in total. The monoisotopic (exact) mass is 299 g/mol. The van der Waals surface area contributed by atoms with Crippen molar-refractivity contribution in [2.24, 2.45) is 5.92 Å². The molecule has 1 aliphatic rings. The number of nitrogens with zero attached hydrogens (tertiary/aromatic N) is 3. The third-order valence-corrected chi connectivity index (χ3v) is 3.96. The maximum atomic E-state index is 12.5. The molecule has 0 aromatic heterocycles. The normalized spacial score (nSPS) is 15.9. The molecule has 21 heavy (non-hydrogen) atoms. The molecule has 0 unspecified atom stereocenters. The van der Waals surface area contributed by atoms with Gasteiger partial charge in [0.25, 0.3) is 0 Å². The van der Waals surface area contributed by atoms with E-state index in [4.69, 9.17) is 5.11 Å². The topological polar surface area (TPSA) is 64.1 Å². The standard InChI is InChI=1S/C15H29N3O3/c1-4-5-8-17(11-12-19)14(20)13-6-9-18(10-7-13)15(21)16(2)3/h13,19H,4-12H2,1-3H3. The number of carbonyl (C=O) groups excluding carboxylic acids is 2. The van der Waals surface area contributed by atoms with Gasteiger partial charge in [-0.2, -0.15) is 0 Å². The van der Waals surface area contributed by atoms with Crippen molar-refractivity contribution in [1.29, 1.82) is 0 Å². The first-order valence-electron chi connectivity index (χ1n) is 7.87. The average molecular weight is 299 g/mol. The summed E-state index contributed by atoms with van der Waals surface area (Å²) >= 11 is 0. The largest absolute Gasteiger partial charge is 0.395 e. The fraction of sp³-hybridized carbons (Fsp3) is 0.867. The quantitative estimate of drug-likeness (QED) is 0.796. The van der Waals surface area contributed by atoms with Crippen LogP contribution in [0.5, 0.6) is 0 Å². The van der Waals surface area contributed by atoms with E-state index in [-0.39, 0.29) is 24.5 Å². The van der Waals surface area contributed by atoms with E-state index < -0.39 is 0 Å². The Hall–Kier alpha value is -1.30. The molecule has 0 aliphatic carbocycles. The van der Waals surface area contributed by atoms with Gasteiger partial charge in [0.2, 0.25) is 5.91 Å². The number of unbranched alkanes of at least 4 members (excludes halogenated alkanes) is 1. The summed E-state index contributed by atoms with van der Waals surface area (Å²) in [6.07, 6.45) is 3.42. The lowest BCUT2D eigenvalue weighted by Crippen LogP contribution is -2.47. The van der Waals surface area contributed by atoms with E-state index in [1.165, 1.54) is 0 Å². The van der Waals surface area contributed by atoms with Gasteiger partial charge in [0, 0.05) is 46.2 Å². The number of piperidine rings is 1. The third-order valence-electron chi connectivity index (χ3n) is 3.96. The Morgan fingerprint density at radius 1 is 1.19 bits per heavy atom. The SMILES string of the molecule is CCCCN(CCO)C(=O)C1CCN(C(=O)N(C)C)CC1. The van der Waals surface area contributed by atoms with Crippen molar-refractivity contribution in [2.75, 3.05) is 46.9 Å². The molecule has 0 atom stereocenters. The maximum Gasteiger partial charge on any atom is 0.319 e. The Morgan fingerprint density at radius 2 is 1.81 bits per heavy atom. The van der Waals surface area contributed by atoms with Gasteiger partial charge >= 0.3 is 6.03 Å². The molecule has 1 fully saturated rings. The van der Waals surface area contributed by atoms with Crippen LogP contribution in [0.25, 0.3) is 0 Å². The zero-order chi connectivity index (χ0) is 15.8. The van der Waals surface area contributed by atoms with Crippen molar-refractivity contribution in [3.63, 3.8) is 0 Å². The average Bonchev–Trinajstić information content (AvgIpc) is 2.50. The van der Waals surface area contributed by atoms with Crippen molar-refractivity contribution in [1.82, 2.24) is 14.7 Å². The van der Waals surface area contributed by atoms with Crippen LogP contribution in [0.4, 0.5) is 4.79 Å². The van der Waals surface area contributed by atoms with Gasteiger partial charge in [-0.15, -0.1) is 0 Å². The van der Waals surface area contributed by atoms with Crippen LogP contribution in [0.3, 0.4) is 0 Å². The van der Waals surface area contributed by atoms with Crippen LogP contribution in [0, 0.1) is 5.92 Å². The van der Waals surface area contributed by atoms with Gasteiger partial charge in [-0.05, 0) is 19.3 Å². The van der Waals surface area contributed by atoms with Gasteiger partial charge in [-0.3, -0.25) is 4.79 Å². The summed E-state index contributed by atoms with van der Waals surface area (Å²) in [5, 5.41) is 9.11. The number of likely N-dealkylation sites (tertiary alicyclic amines) is 1. The number of amides is 3. The van der Waals surface area contributed by atoms with Crippen LogP contribution in [0.2, 0.25) is 0 Å². The molecule has 1 aliphatic heterocycles. The van der Waals surface area contributed by atoms with E-state index in [9.17, 15) is 9.59 Å². The molecule has 0 bridgehead atoms. The van der Waals surface area contributed by atoms with Crippen molar-refractivity contribution in [3.8, 4) is 0 Å². The van der Waals surface area contributed by atoms with Gasteiger partial charge < -0.3 is 19.8 Å². The predicted molar refractivity (Wildman–Crippen MR) is 82.0 cm³/mol. The van der Waals surface area contributed by atoms with Gasteiger partial charge in [-0.1, -0.05) is 13.3 Å². The minimum atomic E-state index is -0.0142. The van der Waals surface area contributed by atoms with Crippen molar-refractivity contribution >= 4 is 11.9 Å². The van der Waals surface area contributed by atoms with Crippen molar-refractivity contribution < 1.29 is 14.7 Å². The van der Waals surface area contributed by atoms with Gasteiger partial charge in [0.15, 0.2) is 0 Å². The highest BCUT2D eigenvalue weighted by Crippen LogP contribution is 2.20. The van der Waals surface area contributed by atoms with E-state index in [1.54, 1.807) is 28.8 Å². The molecular formula is C15H29N3O3. The number of aliphatic hydroxyl groups is 1. The van der Waals surface area contributed by atoms with Gasteiger partial charge in [-0.25, -0.2) is 4.79 Å². The Bertz CT molecular complexity index is 339.